The lowest BCUT2D eigenvalue weighted by atomic mass is 9.97. The second kappa shape index (κ2) is 3.78. The minimum atomic E-state index is 0.747. The number of aromatic nitrogens is 1. The number of hydrogen-bond acceptors (Lipinski definition) is 2. The highest BCUT2D eigenvalue weighted by Crippen LogP contribution is 2.31. The molecule has 0 aliphatic carbocycles. The van der Waals surface area contributed by atoms with Gasteiger partial charge in [0, 0.05) is 24.5 Å². The summed E-state index contributed by atoms with van der Waals surface area (Å²) in [6.45, 7) is 0. The number of nitrogens with one attached hydrogen (secondary N) is 1. The molecule has 2 unspecified atom stereocenters. The highest BCUT2D eigenvalue weighted by atomic mass is 15.0. The van der Waals surface area contributed by atoms with E-state index >= 15 is 0 Å². The van der Waals surface area contributed by atoms with Gasteiger partial charge in [0.1, 0.15) is 0 Å². The Hall–Kier alpha value is -1.15. The van der Waals surface area contributed by atoms with Gasteiger partial charge in [-0.05, 0) is 43.4 Å². The molecule has 2 bridgehead atoms. The standard InChI is InChI=1S/C13H16N2/c1-2-13-9-11(8-12(1)15-13)7-10-3-5-14-6-4-10/h3-7,12-13,15H,1-2,8-9H2. The molecule has 3 rings (SSSR count). The Kier molecular flexibility index (Phi) is 2.29. The molecule has 2 atom stereocenters. The third kappa shape index (κ3) is 1.95. The molecule has 78 valence electrons. The number of nitrogens with zero attached hydrogens (tertiary/aromatic N) is 1. The molecule has 2 heteroatoms. The monoisotopic (exact) mass is 200 g/mol. The molecule has 15 heavy (non-hydrogen) atoms. The SMILES string of the molecule is C(=C1CC2CCC(C1)N2)c1ccncc1. The van der Waals surface area contributed by atoms with Gasteiger partial charge in [0.15, 0.2) is 0 Å². The fraction of sp³-hybridized carbons (Fsp3) is 0.462. The van der Waals surface area contributed by atoms with Crippen LogP contribution in [0.5, 0.6) is 0 Å². The minimum absolute atomic E-state index is 0.747. The van der Waals surface area contributed by atoms with Gasteiger partial charge in [0.25, 0.3) is 0 Å². The lowest BCUT2D eigenvalue weighted by Crippen LogP contribution is -2.34. The molecule has 1 aromatic rings. The highest BCUT2D eigenvalue weighted by Gasteiger charge is 2.29. The van der Waals surface area contributed by atoms with Crippen molar-refractivity contribution in [3.05, 3.63) is 35.7 Å². The van der Waals surface area contributed by atoms with E-state index in [2.05, 4.69) is 28.5 Å². The Labute approximate surface area is 90.4 Å². The fourth-order valence-electron chi connectivity index (χ4n) is 2.75. The first kappa shape index (κ1) is 9.10. The maximum Gasteiger partial charge on any atom is 0.0273 e. The summed E-state index contributed by atoms with van der Waals surface area (Å²) in [5, 5.41) is 3.65. The van der Waals surface area contributed by atoms with E-state index in [0.29, 0.717) is 0 Å². The molecule has 2 nitrogen and oxygen atoms in total. The molecule has 1 N–H and O–H groups in total. The molecule has 0 saturated carbocycles. The maximum absolute atomic E-state index is 4.04. The minimum Gasteiger partial charge on any atom is -0.311 e. The van der Waals surface area contributed by atoms with Gasteiger partial charge in [-0.15, -0.1) is 0 Å². The van der Waals surface area contributed by atoms with Crippen LogP contribution in [0, 0.1) is 0 Å². The molecule has 0 radical (unpaired) electrons. The number of piperidine rings is 1. The van der Waals surface area contributed by atoms with Gasteiger partial charge in [-0.2, -0.15) is 0 Å². The Morgan fingerprint density at radius 2 is 1.80 bits per heavy atom. The second-order valence-corrected chi connectivity index (χ2v) is 4.63. The highest BCUT2D eigenvalue weighted by molar-refractivity contribution is 5.52. The first-order valence-electron chi connectivity index (χ1n) is 5.76. The van der Waals surface area contributed by atoms with E-state index in [9.17, 15) is 0 Å². The van der Waals surface area contributed by atoms with E-state index in [4.69, 9.17) is 0 Å². The molecule has 3 heterocycles. The quantitative estimate of drug-likeness (QED) is 0.753. The van der Waals surface area contributed by atoms with Crippen LogP contribution in [0.3, 0.4) is 0 Å². The average Bonchev–Trinajstić information content (AvgIpc) is 2.60. The normalized spacial score (nSPS) is 29.2. The van der Waals surface area contributed by atoms with Crippen LogP contribution in [0.4, 0.5) is 0 Å². The van der Waals surface area contributed by atoms with Crippen LogP contribution in [0.15, 0.2) is 30.1 Å². The summed E-state index contributed by atoms with van der Waals surface area (Å²) in [5.74, 6) is 0. The summed E-state index contributed by atoms with van der Waals surface area (Å²) in [6.07, 6.45) is 11.3. The van der Waals surface area contributed by atoms with E-state index in [1.165, 1.54) is 31.2 Å². The largest absolute Gasteiger partial charge is 0.311 e. The summed E-state index contributed by atoms with van der Waals surface area (Å²) in [5.41, 5.74) is 2.90. The smallest absolute Gasteiger partial charge is 0.0273 e. The van der Waals surface area contributed by atoms with Crippen LogP contribution in [0.2, 0.25) is 0 Å². The Morgan fingerprint density at radius 1 is 1.13 bits per heavy atom. The lowest BCUT2D eigenvalue weighted by Gasteiger charge is -2.23. The Bertz CT molecular complexity index is 355. The molecular weight excluding hydrogens is 184 g/mol. The molecule has 1 aromatic heterocycles. The first-order chi connectivity index (χ1) is 7.40. The van der Waals surface area contributed by atoms with Crippen LogP contribution in [0.25, 0.3) is 6.08 Å². The summed E-state index contributed by atoms with van der Waals surface area (Å²) in [7, 11) is 0. The Morgan fingerprint density at radius 3 is 2.47 bits per heavy atom. The van der Waals surface area contributed by atoms with Crippen molar-refractivity contribution < 1.29 is 0 Å². The molecule has 0 amide bonds. The third-order valence-electron chi connectivity index (χ3n) is 3.43. The summed E-state index contributed by atoms with van der Waals surface area (Å²) >= 11 is 0. The van der Waals surface area contributed by atoms with E-state index in [0.717, 1.165) is 12.1 Å². The third-order valence-corrected chi connectivity index (χ3v) is 3.43. The molecule has 2 saturated heterocycles. The molecule has 2 aliphatic heterocycles. The fourth-order valence-corrected chi connectivity index (χ4v) is 2.75. The van der Waals surface area contributed by atoms with Crippen molar-refractivity contribution in [3.63, 3.8) is 0 Å². The van der Waals surface area contributed by atoms with E-state index in [1.807, 2.05) is 12.4 Å². The van der Waals surface area contributed by atoms with E-state index < -0.39 is 0 Å². The van der Waals surface area contributed by atoms with Crippen molar-refractivity contribution in [2.24, 2.45) is 0 Å². The topological polar surface area (TPSA) is 24.9 Å². The molecule has 2 fully saturated rings. The van der Waals surface area contributed by atoms with Gasteiger partial charge < -0.3 is 5.32 Å². The van der Waals surface area contributed by atoms with Crippen molar-refractivity contribution in [1.29, 1.82) is 0 Å². The van der Waals surface area contributed by atoms with Gasteiger partial charge in [-0.1, -0.05) is 11.6 Å². The van der Waals surface area contributed by atoms with Crippen molar-refractivity contribution in [1.82, 2.24) is 10.3 Å². The van der Waals surface area contributed by atoms with Crippen LogP contribution in [-0.4, -0.2) is 17.1 Å². The van der Waals surface area contributed by atoms with Gasteiger partial charge in [-0.25, -0.2) is 0 Å². The summed E-state index contributed by atoms with van der Waals surface area (Å²) < 4.78 is 0. The molecule has 2 aliphatic rings. The Balaban J connectivity index is 1.80. The summed E-state index contributed by atoms with van der Waals surface area (Å²) in [6, 6.07) is 5.65. The zero-order valence-electron chi connectivity index (χ0n) is 8.82. The van der Waals surface area contributed by atoms with Crippen molar-refractivity contribution >= 4 is 6.08 Å². The molecular formula is C13H16N2. The van der Waals surface area contributed by atoms with Crippen LogP contribution in [0.1, 0.15) is 31.2 Å². The molecule has 0 aromatic carbocycles. The van der Waals surface area contributed by atoms with Crippen molar-refractivity contribution in [2.75, 3.05) is 0 Å². The predicted octanol–water partition coefficient (Wildman–Crippen LogP) is 2.38. The first-order valence-corrected chi connectivity index (χ1v) is 5.76. The zero-order valence-corrected chi connectivity index (χ0v) is 8.82. The number of fused-ring (bicyclic) bond motifs is 2. The predicted molar refractivity (Wildman–Crippen MR) is 61.4 cm³/mol. The van der Waals surface area contributed by atoms with Gasteiger partial charge in [0.2, 0.25) is 0 Å². The maximum atomic E-state index is 4.04. The number of pyridine rings is 1. The van der Waals surface area contributed by atoms with Gasteiger partial charge in [-0.3, -0.25) is 4.98 Å². The number of hydrogen-bond donors (Lipinski definition) is 1. The second-order valence-electron chi connectivity index (χ2n) is 4.63. The summed E-state index contributed by atoms with van der Waals surface area (Å²) in [4.78, 5) is 4.04. The van der Waals surface area contributed by atoms with E-state index in [1.54, 1.807) is 5.57 Å². The van der Waals surface area contributed by atoms with Crippen molar-refractivity contribution in [2.45, 2.75) is 37.8 Å². The molecule has 0 spiro atoms. The number of rotatable bonds is 1. The van der Waals surface area contributed by atoms with Crippen LogP contribution >= 0.6 is 0 Å². The van der Waals surface area contributed by atoms with Crippen LogP contribution < -0.4 is 5.32 Å². The lowest BCUT2D eigenvalue weighted by molar-refractivity contribution is 0.476. The van der Waals surface area contributed by atoms with Crippen molar-refractivity contribution in [3.8, 4) is 0 Å². The average molecular weight is 200 g/mol. The van der Waals surface area contributed by atoms with Gasteiger partial charge >= 0.3 is 0 Å². The zero-order chi connectivity index (χ0) is 10.1. The van der Waals surface area contributed by atoms with Gasteiger partial charge in [0.05, 0.1) is 0 Å². The van der Waals surface area contributed by atoms with E-state index in [-0.39, 0.29) is 0 Å². The van der Waals surface area contributed by atoms with Crippen LogP contribution in [-0.2, 0) is 0 Å².